The normalized spacial score (nSPS) is 16.9. The largest absolute Gasteiger partial charge is 0.340 e. The molecule has 3 heterocycles. The molecule has 1 N–H and O–H groups in total. The zero-order valence-corrected chi connectivity index (χ0v) is 15.1. The number of hydrogen-bond acceptors (Lipinski definition) is 5. The van der Waals surface area contributed by atoms with Crippen LogP contribution in [0.5, 0.6) is 0 Å². The lowest BCUT2D eigenvalue weighted by molar-refractivity contribution is -0.133. The molecule has 1 aliphatic rings. The monoisotopic (exact) mass is 374 g/mol. The van der Waals surface area contributed by atoms with Crippen LogP contribution >= 0.6 is 0 Å². The number of para-hydroxylation sites is 2. The van der Waals surface area contributed by atoms with Crippen molar-refractivity contribution >= 4 is 27.8 Å². The summed E-state index contributed by atoms with van der Waals surface area (Å²) in [4.78, 5) is 35.3. The molecule has 0 aliphatic carbocycles. The molecule has 0 radical (unpaired) electrons. The molecule has 1 saturated heterocycles. The maximum atomic E-state index is 13.0. The Morgan fingerprint density at radius 3 is 2.75 bits per heavy atom. The predicted octanol–water partition coefficient (Wildman–Crippen LogP) is 2.03. The van der Waals surface area contributed by atoms with E-state index in [1.165, 1.54) is 0 Å². The molecule has 140 valence electrons. The Morgan fingerprint density at radius 1 is 1.11 bits per heavy atom. The highest BCUT2D eigenvalue weighted by Crippen LogP contribution is 2.31. The lowest BCUT2D eigenvalue weighted by Crippen LogP contribution is -2.37. The minimum Gasteiger partial charge on any atom is -0.340 e. The van der Waals surface area contributed by atoms with Crippen LogP contribution < -0.4 is 5.56 Å². The molecule has 2 aromatic carbocycles. The maximum absolute atomic E-state index is 13.0. The van der Waals surface area contributed by atoms with Gasteiger partial charge in [-0.05, 0) is 37.1 Å². The number of imidazole rings is 1. The van der Waals surface area contributed by atoms with Crippen molar-refractivity contribution in [2.45, 2.75) is 25.4 Å². The highest BCUT2D eigenvalue weighted by molar-refractivity contribution is 5.79. The Morgan fingerprint density at radius 2 is 1.89 bits per heavy atom. The molecule has 0 unspecified atom stereocenters. The number of nitrogens with zero attached hydrogens (tertiary/aromatic N) is 5. The molecule has 28 heavy (non-hydrogen) atoms. The van der Waals surface area contributed by atoms with Crippen molar-refractivity contribution in [3.8, 4) is 0 Å². The number of nitrogens with one attached hydrogen (secondary N) is 1. The van der Waals surface area contributed by atoms with E-state index in [1.807, 2.05) is 24.3 Å². The number of benzene rings is 2. The second kappa shape index (κ2) is 6.56. The first kappa shape index (κ1) is 16.6. The fraction of sp³-hybridized carbons (Fsp3) is 0.250. The first-order valence-electron chi connectivity index (χ1n) is 9.27. The molecule has 1 atom stereocenters. The molecule has 1 aliphatic heterocycles. The Labute approximate surface area is 159 Å². The van der Waals surface area contributed by atoms with Crippen molar-refractivity contribution in [3.63, 3.8) is 0 Å². The van der Waals surface area contributed by atoms with Crippen molar-refractivity contribution in [3.05, 3.63) is 64.7 Å². The number of hydrogen-bond donors (Lipinski definition) is 1. The minimum absolute atomic E-state index is 0.121. The van der Waals surface area contributed by atoms with Gasteiger partial charge in [-0.2, -0.15) is 0 Å². The number of aromatic nitrogens is 5. The number of likely N-dealkylation sites (tertiary alicyclic amines) is 1. The summed E-state index contributed by atoms with van der Waals surface area (Å²) in [7, 11) is 0. The summed E-state index contributed by atoms with van der Waals surface area (Å²) in [5, 5.41) is 8.44. The average molecular weight is 374 g/mol. The second-order valence-corrected chi connectivity index (χ2v) is 6.95. The number of fused-ring (bicyclic) bond motifs is 2. The lowest BCUT2D eigenvalue weighted by Gasteiger charge is -2.23. The molecule has 1 amide bonds. The van der Waals surface area contributed by atoms with Gasteiger partial charge in [0.05, 0.1) is 22.5 Å². The fourth-order valence-corrected chi connectivity index (χ4v) is 3.83. The molecule has 2 aromatic heterocycles. The number of H-pyrrole nitrogens is 1. The molecular formula is C20H18N6O2. The number of amides is 1. The first-order chi connectivity index (χ1) is 13.7. The highest BCUT2D eigenvalue weighted by atomic mass is 16.2. The average Bonchev–Trinajstić information content (AvgIpc) is 3.37. The predicted molar refractivity (Wildman–Crippen MR) is 104 cm³/mol. The number of carbonyl (C=O) groups excluding carboxylic acids is 1. The summed E-state index contributed by atoms with van der Waals surface area (Å²) in [5.41, 5.74) is 2.05. The van der Waals surface area contributed by atoms with Gasteiger partial charge >= 0.3 is 0 Å². The van der Waals surface area contributed by atoms with Gasteiger partial charge in [-0.25, -0.2) is 9.67 Å². The smallest absolute Gasteiger partial charge is 0.278 e. The Hall–Kier alpha value is -3.55. The standard InChI is InChI=1S/C20H18N6O2/c27-18(12-26-20(28)13-6-1-2-7-14(13)23-24-26)25-11-5-10-17(25)19-21-15-8-3-4-9-16(15)22-19/h1-4,6-9,17H,5,10-12H2,(H,21,22)/t17-/m1/s1. The van der Waals surface area contributed by atoms with Gasteiger partial charge in [0.1, 0.15) is 17.9 Å². The van der Waals surface area contributed by atoms with E-state index >= 15 is 0 Å². The van der Waals surface area contributed by atoms with Crippen molar-refractivity contribution in [1.29, 1.82) is 0 Å². The summed E-state index contributed by atoms with van der Waals surface area (Å²) in [5.74, 6) is 0.624. The van der Waals surface area contributed by atoms with E-state index < -0.39 is 0 Å². The Bertz CT molecular complexity index is 1210. The van der Waals surface area contributed by atoms with E-state index in [4.69, 9.17) is 0 Å². The highest BCUT2D eigenvalue weighted by Gasteiger charge is 2.32. The summed E-state index contributed by atoms with van der Waals surface area (Å²) in [6, 6.07) is 14.7. The SMILES string of the molecule is O=C(Cn1nnc2ccccc2c1=O)N1CCC[C@@H]1c1nc2ccccc2[nH]1. The van der Waals surface area contributed by atoms with Crippen molar-refractivity contribution < 1.29 is 4.79 Å². The quantitative estimate of drug-likeness (QED) is 0.592. The Balaban J connectivity index is 1.43. The zero-order chi connectivity index (χ0) is 19.1. The molecule has 0 spiro atoms. The number of rotatable bonds is 3. The second-order valence-electron chi connectivity index (χ2n) is 6.95. The summed E-state index contributed by atoms with van der Waals surface area (Å²) >= 11 is 0. The van der Waals surface area contributed by atoms with E-state index in [0.29, 0.717) is 17.4 Å². The third kappa shape index (κ3) is 2.74. The van der Waals surface area contributed by atoms with Gasteiger partial charge in [-0.3, -0.25) is 9.59 Å². The van der Waals surface area contributed by atoms with Gasteiger partial charge < -0.3 is 9.88 Å². The van der Waals surface area contributed by atoms with Crippen LogP contribution in [0.3, 0.4) is 0 Å². The van der Waals surface area contributed by atoms with Crippen LogP contribution in [0, 0.1) is 0 Å². The van der Waals surface area contributed by atoms with Gasteiger partial charge in [-0.1, -0.05) is 29.5 Å². The van der Waals surface area contributed by atoms with E-state index in [9.17, 15) is 9.59 Å². The van der Waals surface area contributed by atoms with Crippen molar-refractivity contribution in [2.24, 2.45) is 0 Å². The molecule has 0 saturated carbocycles. The van der Waals surface area contributed by atoms with Crippen LogP contribution in [0.1, 0.15) is 24.7 Å². The van der Waals surface area contributed by atoms with Crippen LogP contribution in [0.2, 0.25) is 0 Å². The summed E-state index contributed by atoms with van der Waals surface area (Å²) < 4.78 is 1.14. The van der Waals surface area contributed by atoms with Crippen molar-refractivity contribution in [2.75, 3.05) is 6.54 Å². The lowest BCUT2D eigenvalue weighted by atomic mass is 10.2. The van der Waals surface area contributed by atoms with Gasteiger partial charge in [0.25, 0.3) is 5.56 Å². The molecular weight excluding hydrogens is 356 g/mol. The zero-order valence-electron chi connectivity index (χ0n) is 15.1. The molecule has 0 bridgehead atoms. The van der Waals surface area contributed by atoms with Crippen molar-refractivity contribution in [1.82, 2.24) is 29.9 Å². The maximum Gasteiger partial charge on any atom is 0.278 e. The van der Waals surface area contributed by atoms with Crippen LogP contribution in [-0.4, -0.2) is 42.3 Å². The van der Waals surface area contributed by atoms with E-state index in [2.05, 4.69) is 20.3 Å². The van der Waals surface area contributed by atoms with Gasteiger partial charge in [0, 0.05) is 6.54 Å². The summed E-state index contributed by atoms with van der Waals surface area (Å²) in [6.07, 6.45) is 1.73. The molecule has 5 rings (SSSR count). The van der Waals surface area contributed by atoms with Gasteiger partial charge in [-0.15, -0.1) is 5.10 Å². The molecule has 8 nitrogen and oxygen atoms in total. The minimum atomic E-state index is -0.307. The Kier molecular flexibility index (Phi) is 3.89. The summed E-state index contributed by atoms with van der Waals surface area (Å²) in [6.45, 7) is 0.504. The molecule has 8 heteroatoms. The molecule has 1 fully saturated rings. The van der Waals surface area contributed by atoms with Crippen LogP contribution in [0.25, 0.3) is 21.9 Å². The topological polar surface area (TPSA) is 96.8 Å². The van der Waals surface area contributed by atoms with Crippen LogP contribution in [0.15, 0.2) is 53.3 Å². The van der Waals surface area contributed by atoms with Crippen LogP contribution in [0.4, 0.5) is 0 Å². The van der Waals surface area contributed by atoms with E-state index in [-0.39, 0.29) is 24.1 Å². The third-order valence-corrected chi connectivity index (χ3v) is 5.21. The number of aromatic amines is 1. The van der Waals surface area contributed by atoms with Gasteiger partial charge in [0.2, 0.25) is 5.91 Å². The van der Waals surface area contributed by atoms with Gasteiger partial charge in [0.15, 0.2) is 0 Å². The van der Waals surface area contributed by atoms with E-state index in [1.54, 1.807) is 29.2 Å². The first-order valence-corrected chi connectivity index (χ1v) is 9.27. The third-order valence-electron chi connectivity index (χ3n) is 5.21. The fourth-order valence-electron chi connectivity index (χ4n) is 3.83. The van der Waals surface area contributed by atoms with E-state index in [0.717, 1.165) is 34.4 Å². The number of carbonyl (C=O) groups is 1. The molecule has 4 aromatic rings. The van der Waals surface area contributed by atoms with Crippen LogP contribution in [-0.2, 0) is 11.3 Å².